The van der Waals surface area contributed by atoms with Gasteiger partial charge in [-0.05, 0) is 57.8 Å². The van der Waals surface area contributed by atoms with E-state index in [1.54, 1.807) is 0 Å². The summed E-state index contributed by atoms with van der Waals surface area (Å²) in [6, 6.07) is -0.542. The van der Waals surface area contributed by atoms with Crippen molar-refractivity contribution in [3.05, 3.63) is 24.3 Å². The molecule has 6 nitrogen and oxygen atoms in total. The summed E-state index contributed by atoms with van der Waals surface area (Å²) >= 11 is 0. The molecule has 0 aromatic heterocycles. The topological polar surface area (TPSA) is 95.9 Å². The summed E-state index contributed by atoms with van der Waals surface area (Å²) in [6.07, 6.45) is 77.7. The zero-order chi connectivity index (χ0) is 52.9. The maximum absolute atomic E-state index is 12.5. The molecule has 0 fully saturated rings. The van der Waals surface area contributed by atoms with E-state index in [2.05, 4.69) is 43.5 Å². The summed E-state index contributed by atoms with van der Waals surface area (Å²) in [5.41, 5.74) is 0. The van der Waals surface area contributed by atoms with E-state index < -0.39 is 12.1 Å². The van der Waals surface area contributed by atoms with Crippen molar-refractivity contribution in [2.45, 2.75) is 379 Å². The van der Waals surface area contributed by atoms with Crippen LogP contribution in [0.1, 0.15) is 367 Å². The van der Waals surface area contributed by atoms with Gasteiger partial charge < -0.3 is 20.3 Å². The van der Waals surface area contributed by atoms with Crippen LogP contribution in [-0.4, -0.2) is 47.4 Å². The van der Waals surface area contributed by atoms with E-state index in [-0.39, 0.29) is 18.5 Å². The fraction of sp³-hybridized carbons (Fsp3) is 0.910. The van der Waals surface area contributed by atoms with Crippen LogP contribution in [0.2, 0.25) is 0 Å². The lowest BCUT2D eigenvalue weighted by molar-refractivity contribution is -0.143. The minimum Gasteiger partial charge on any atom is -0.466 e. The van der Waals surface area contributed by atoms with Crippen LogP contribution >= 0.6 is 0 Å². The van der Waals surface area contributed by atoms with Gasteiger partial charge in [0, 0.05) is 12.8 Å². The second-order valence-corrected chi connectivity index (χ2v) is 22.8. The molecule has 0 aliphatic rings. The molecule has 6 heteroatoms. The van der Waals surface area contributed by atoms with Gasteiger partial charge in [-0.2, -0.15) is 0 Å². The highest BCUT2D eigenvalue weighted by atomic mass is 16.5. The van der Waals surface area contributed by atoms with Crippen molar-refractivity contribution in [3.8, 4) is 0 Å². The molecule has 3 N–H and O–H groups in total. The van der Waals surface area contributed by atoms with Gasteiger partial charge in [0.1, 0.15) is 0 Å². The number of nitrogens with one attached hydrogen (secondary N) is 1. The monoisotopic (exact) mass is 1030 g/mol. The lowest BCUT2D eigenvalue weighted by atomic mass is 10.0. The maximum Gasteiger partial charge on any atom is 0.305 e. The number of allylic oxidation sites excluding steroid dienone is 4. The molecule has 0 saturated carbocycles. The number of hydrogen-bond acceptors (Lipinski definition) is 5. The first-order chi connectivity index (χ1) is 36.0. The average molecular weight is 1030 g/mol. The number of amides is 1. The Morgan fingerprint density at radius 2 is 0.685 bits per heavy atom. The lowest BCUT2D eigenvalue weighted by Crippen LogP contribution is -2.45. The van der Waals surface area contributed by atoms with Crippen LogP contribution in [0.15, 0.2) is 24.3 Å². The van der Waals surface area contributed by atoms with Crippen LogP contribution in [0, 0.1) is 0 Å². The Bertz CT molecular complexity index is 1140. The largest absolute Gasteiger partial charge is 0.466 e. The zero-order valence-electron chi connectivity index (χ0n) is 49.4. The summed E-state index contributed by atoms with van der Waals surface area (Å²) in [4.78, 5) is 24.6. The Morgan fingerprint density at radius 3 is 1.05 bits per heavy atom. The third-order valence-electron chi connectivity index (χ3n) is 15.5. The van der Waals surface area contributed by atoms with Gasteiger partial charge in [-0.15, -0.1) is 0 Å². The molecule has 0 aliphatic carbocycles. The number of ether oxygens (including phenoxy) is 1. The molecule has 0 aromatic rings. The van der Waals surface area contributed by atoms with Crippen LogP contribution in [0.5, 0.6) is 0 Å². The first kappa shape index (κ1) is 71.3. The Hall–Kier alpha value is -1.66. The first-order valence-electron chi connectivity index (χ1n) is 33.1. The molecule has 2 unspecified atom stereocenters. The SMILES string of the molecule is CCCCCC/C=C\C/C=C\CCCCCCCCCC(=O)OCCCCCCCCCCCCCCCCCCCCCCCCC(=O)NC(CO)C(O)CCCCCCCCCCCCCCCCCC. The fourth-order valence-electron chi connectivity index (χ4n) is 10.4. The highest BCUT2D eigenvalue weighted by Gasteiger charge is 2.20. The molecule has 0 bridgehead atoms. The predicted octanol–water partition coefficient (Wildman–Crippen LogP) is 21.0. The third-order valence-corrected chi connectivity index (χ3v) is 15.5. The van der Waals surface area contributed by atoms with E-state index in [1.807, 2.05) is 0 Å². The van der Waals surface area contributed by atoms with Gasteiger partial charge in [-0.1, -0.05) is 321 Å². The van der Waals surface area contributed by atoms with Crippen LogP contribution in [0.25, 0.3) is 0 Å². The van der Waals surface area contributed by atoms with E-state index in [0.717, 1.165) is 51.4 Å². The standard InChI is InChI=1S/C67H129NO5/c1-3-5-7-9-11-13-15-17-19-21-29-33-37-41-45-49-53-57-61-67(72)73-62-58-54-50-46-42-38-34-30-27-25-23-22-24-26-28-32-36-40-44-48-52-56-60-66(71)68-64(63-69)65(70)59-55-51-47-43-39-35-31-20-18-16-14-12-10-8-6-4-2/h13,15,19,21,64-65,69-70H,3-12,14,16-18,20,22-63H2,1-2H3,(H,68,71)/b15-13-,21-19-. The number of unbranched alkanes of at least 4 members (excludes halogenated alkanes) is 47. The van der Waals surface area contributed by atoms with E-state index >= 15 is 0 Å². The third kappa shape index (κ3) is 59.4. The van der Waals surface area contributed by atoms with Crippen LogP contribution < -0.4 is 5.32 Å². The molecule has 0 aromatic carbocycles. The fourth-order valence-corrected chi connectivity index (χ4v) is 10.4. The molecular weight excluding hydrogens is 899 g/mol. The lowest BCUT2D eigenvalue weighted by Gasteiger charge is -2.22. The molecule has 0 heterocycles. The Labute approximate surface area is 456 Å². The van der Waals surface area contributed by atoms with Gasteiger partial charge in [0.05, 0.1) is 25.4 Å². The minimum atomic E-state index is -0.664. The molecule has 73 heavy (non-hydrogen) atoms. The van der Waals surface area contributed by atoms with Crippen LogP contribution in [-0.2, 0) is 14.3 Å². The summed E-state index contributed by atoms with van der Waals surface area (Å²) in [7, 11) is 0. The predicted molar refractivity (Wildman–Crippen MR) is 320 cm³/mol. The van der Waals surface area contributed by atoms with Gasteiger partial charge >= 0.3 is 5.97 Å². The molecule has 2 atom stereocenters. The van der Waals surface area contributed by atoms with Gasteiger partial charge in [0.15, 0.2) is 0 Å². The maximum atomic E-state index is 12.5. The Balaban J connectivity index is 3.37. The molecular formula is C67H129NO5. The summed E-state index contributed by atoms with van der Waals surface area (Å²) < 4.78 is 5.50. The normalized spacial score (nSPS) is 12.7. The van der Waals surface area contributed by atoms with Gasteiger partial charge in [-0.3, -0.25) is 9.59 Å². The molecule has 432 valence electrons. The average Bonchev–Trinajstić information content (AvgIpc) is 3.39. The van der Waals surface area contributed by atoms with Crippen molar-refractivity contribution in [3.63, 3.8) is 0 Å². The highest BCUT2D eigenvalue weighted by Crippen LogP contribution is 2.18. The number of aliphatic hydroxyl groups excluding tert-OH is 2. The van der Waals surface area contributed by atoms with E-state index in [9.17, 15) is 19.8 Å². The number of rotatable bonds is 62. The number of esters is 1. The van der Waals surface area contributed by atoms with Crippen molar-refractivity contribution in [2.75, 3.05) is 13.2 Å². The second-order valence-electron chi connectivity index (χ2n) is 22.8. The van der Waals surface area contributed by atoms with Crippen LogP contribution in [0.4, 0.5) is 0 Å². The highest BCUT2D eigenvalue weighted by molar-refractivity contribution is 5.76. The van der Waals surface area contributed by atoms with Crippen molar-refractivity contribution in [1.82, 2.24) is 5.32 Å². The van der Waals surface area contributed by atoms with Crippen molar-refractivity contribution in [1.29, 1.82) is 0 Å². The van der Waals surface area contributed by atoms with Gasteiger partial charge in [-0.25, -0.2) is 0 Å². The Kier molecular flexibility index (Phi) is 61.4. The van der Waals surface area contributed by atoms with Crippen molar-refractivity contribution in [2.24, 2.45) is 0 Å². The minimum absolute atomic E-state index is 0.00664. The quantitative estimate of drug-likeness (QED) is 0.0320. The molecule has 0 saturated heterocycles. The Morgan fingerprint density at radius 1 is 0.384 bits per heavy atom. The molecule has 0 aliphatic heterocycles. The van der Waals surface area contributed by atoms with Gasteiger partial charge in [0.2, 0.25) is 5.91 Å². The van der Waals surface area contributed by atoms with Crippen LogP contribution in [0.3, 0.4) is 0 Å². The smallest absolute Gasteiger partial charge is 0.305 e. The molecule has 0 radical (unpaired) electrons. The van der Waals surface area contributed by atoms with Gasteiger partial charge in [0.25, 0.3) is 0 Å². The number of carbonyl (C=O) groups excluding carboxylic acids is 2. The number of carbonyl (C=O) groups is 2. The van der Waals surface area contributed by atoms with E-state index in [0.29, 0.717) is 25.9 Å². The molecule has 0 rings (SSSR count). The summed E-state index contributed by atoms with van der Waals surface area (Å²) in [6.45, 7) is 4.96. The summed E-state index contributed by atoms with van der Waals surface area (Å²) in [5.74, 6) is -0.0258. The van der Waals surface area contributed by atoms with E-state index in [1.165, 1.54) is 283 Å². The van der Waals surface area contributed by atoms with E-state index in [4.69, 9.17) is 4.74 Å². The molecule has 1 amide bonds. The first-order valence-corrected chi connectivity index (χ1v) is 33.1. The zero-order valence-corrected chi connectivity index (χ0v) is 49.4. The number of aliphatic hydroxyl groups is 2. The second kappa shape index (κ2) is 62.9. The number of hydrogen-bond donors (Lipinski definition) is 3. The van der Waals surface area contributed by atoms with Crippen molar-refractivity contribution < 1.29 is 24.5 Å². The van der Waals surface area contributed by atoms with Crippen molar-refractivity contribution >= 4 is 11.9 Å². The summed E-state index contributed by atoms with van der Waals surface area (Å²) in [5, 5.41) is 23.3. The molecule has 0 spiro atoms.